The van der Waals surface area contributed by atoms with Crippen molar-refractivity contribution in [2.45, 2.75) is 12.8 Å². The summed E-state index contributed by atoms with van der Waals surface area (Å²) in [6.07, 6.45) is 3.49. The molecule has 1 aromatic carbocycles. The molecule has 3 rings (SSSR count). The molecule has 0 atom stereocenters. The lowest BCUT2D eigenvalue weighted by Crippen LogP contribution is -2.19. The number of fused-ring (bicyclic) bond motifs is 1. The normalized spacial score (nSPS) is 17.1. The van der Waals surface area contributed by atoms with Gasteiger partial charge < -0.3 is 14.2 Å². The molecule has 1 aliphatic heterocycles. The van der Waals surface area contributed by atoms with Crippen LogP contribution in [0, 0.1) is 5.92 Å². The highest BCUT2D eigenvalue weighted by Gasteiger charge is 2.29. The maximum Gasteiger partial charge on any atom is 0.243 e. The molecule has 20 heavy (non-hydrogen) atoms. The van der Waals surface area contributed by atoms with Gasteiger partial charge in [0, 0.05) is 11.5 Å². The number of amides is 1. The van der Waals surface area contributed by atoms with Crippen molar-refractivity contribution in [1.82, 2.24) is 5.43 Å². The molecule has 1 fully saturated rings. The number of hydrogen-bond donors (Lipinski definition) is 1. The van der Waals surface area contributed by atoms with Crippen LogP contribution >= 0.6 is 0 Å². The molecule has 2 aliphatic rings. The molecule has 0 spiro atoms. The highest BCUT2D eigenvalue weighted by molar-refractivity contribution is 5.85. The lowest BCUT2D eigenvalue weighted by atomic mass is 10.2. The van der Waals surface area contributed by atoms with Crippen LogP contribution in [-0.2, 0) is 4.79 Å². The van der Waals surface area contributed by atoms with E-state index in [1.807, 2.05) is 6.07 Å². The fraction of sp³-hybridized carbons (Fsp3) is 0.429. The quantitative estimate of drug-likeness (QED) is 0.665. The lowest BCUT2D eigenvalue weighted by molar-refractivity contribution is -0.122. The van der Waals surface area contributed by atoms with Crippen molar-refractivity contribution in [3.05, 3.63) is 17.7 Å². The first-order valence-corrected chi connectivity index (χ1v) is 6.58. The summed E-state index contributed by atoms with van der Waals surface area (Å²) in [5.74, 6) is 1.95. The van der Waals surface area contributed by atoms with Crippen LogP contribution in [0.15, 0.2) is 17.2 Å². The number of nitrogens with zero attached hydrogens (tertiary/aromatic N) is 1. The fourth-order valence-electron chi connectivity index (χ4n) is 1.98. The molecule has 1 aromatic rings. The van der Waals surface area contributed by atoms with Crippen molar-refractivity contribution in [1.29, 1.82) is 0 Å². The van der Waals surface area contributed by atoms with Crippen LogP contribution in [0.25, 0.3) is 0 Å². The Morgan fingerprint density at radius 3 is 2.95 bits per heavy atom. The minimum absolute atomic E-state index is 0.0224. The number of nitrogens with one attached hydrogen (secondary N) is 1. The molecule has 1 saturated carbocycles. The van der Waals surface area contributed by atoms with E-state index in [0.717, 1.165) is 18.4 Å². The van der Waals surface area contributed by atoms with Crippen LogP contribution < -0.4 is 19.6 Å². The summed E-state index contributed by atoms with van der Waals surface area (Å²) in [5.41, 5.74) is 3.31. The second kappa shape index (κ2) is 5.40. The molecule has 0 saturated heterocycles. The van der Waals surface area contributed by atoms with E-state index in [1.165, 1.54) is 0 Å². The van der Waals surface area contributed by atoms with Gasteiger partial charge in [-0.1, -0.05) is 0 Å². The summed E-state index contributed by atoms with van der Waals surface area (Å²) >= 11 is 0. The fourth-order valence-corrected chi connectivity index (χ4v) is 1.98. The molecule has 6 heteroatoms. The Kier molecular flexibility index (Phi) is 3.45. The topological polar surface area (TPSA) is 69.2 Å². The lowest BCUT2D eigenvalue weighted by Gasteiger charge is -2.20. The third-order valence-electron chi connectivity index (χ3n) is 3.19. The van der Waals surface area contributed by atoms with Crippen molar-refractivity contribution in [2.75, 3.05) is 20.3 Å². The van der Waals surface area contributed by atoms with E-state index < -0.39 is 0 Å². The SMILES string of the molecule is COc1cc(/C=N\NC(=O)C2CC2)cc2c1OCCO2. The summed E-state index contributed by atoms with van der Waals surface area (Å²) in [6.45, 7) is 1.02. The Morgan fingerprint density at radius 1 is 1.40 bits per heavy atom. The zero-order chi connectivity index (χ0) is 13.9. The largest absolute Gasteiger partial charge is 0.493 e. The van der Waals surface area contributed by atoms with Crippen molar-refractivity contribution in [2.24, 2.45) is 11.0 Å². The average molecular weight is 276 g/mol. The van der Waals surface area contributed by atoms with Crippen molar-refractivity contribution in [3.8, 4) is 17.2 Å². The van der Waals surface area contributed by atoms with Gasteiger partial charge in [-0.25, -0.2) is 5.43 Å². The molecule has 0 radical (unpaired) electrons. The third-order valence-corrected chi connectivity index (χ3v) is 3.19. The number of hydrazone groups is 1. The Balaban J connectivity index is 1.75. The van der Waals surface area contributed by atoms with Gasteiger partial charge in [-0.15, -0.1) is 0 Å². The summed E-state index contributed by atoms with van der Waals surface area (Å²) < 4.78 is 16.3. The molecule has 1 heterocycles. The van der Waals surface area contributed by atoms with Crippen molar-refractivity contribution in [3.63, 3.8) is 0 Å². The second-order valence-corrected chi connectivity index (χ2v) is 4.76. The molecule has 0 unspecified atom stereocenters. The van der Waals surface area contributed by atoms with Gasteiger partial charge in [0.05, 0.1) is 13.3 Å². The van der Waals surface area contributed by atoms with Crippen LogP contribution in [-0.4, -0.2) is 32.4 Å². The zero-order valence-corrected chi connectivity index (χ0v) is 11.2. The summed E-state index contributed by atoms with van der Waals surface area (Å²) in [6, 6.07) is 3.60. The van der Waals surface area contributed by atoms with Gasteiger partial charge >= 0.3 is 0 Å². The van der Waals surface area contributed by atoms with E-state index in [4.69, 9.17) is 14.2 Å². The molecule has 0 aromatic heterocycles. The summed E-state index contributed by atoms with van der Waals surface area (Å²) in [5, 5.41) is 3.95. The zero-order valence-electron chi connectivity index (χ0n) is 11.2. The van der Waals surface area contributed by atoms with Gasteiger partial charge in [0.1, 0.15) is 13.2 Å². The van der Waals surface area contributed by atoms with Crippen LogP contribution in [0.3, 0.4) is 0 Å². The van der Waals surface area contributed by atoms with Gasteiger partial charge in [0.25, 0.3) is 0 Å². The van der Waals surface area contributed by atoms with E-state index in [-0.39, 0.29) is 11.8 Å². The Morgan fingerprint density at radius 2 is 2.20 bits per heavy atom. The van der Waals surface area contributed by atoms with Gasteiger partial charge in [-0.2, -0.15) is 5.10 Å². The first-order chi connectivity index (χ1) is 9.78. The monoisotopic (exact) mass is 276 g/mol. The number of carbonyl (C=O) groups is 1. The maximum absolute atomic E-state index is 11.5. The first-order valence-electron chi connectivity index (χ1n) is 6.58. The Hall–Kier alpha value is -2.24. The highest BCUT2D eigenvalue weighted by Crippen LogP contribution is 2.39. The van der Waals surface area contributed by atoms with Crippen LogP contribution in [0.5, 0.6) is 17.2 Å². The summed E-state index contributed by atoms with van der Waals surface area (Å²) in [7, 11) is 1.57. The van der Waals surface area contributed by atoms with Crippen LogP contribution in [0.4, 0.5) is 0 Å². The molecular formula is C14H16N2O4. The standard InChI is InChI=1S/C14H16N2O4/c1-18-11-6-9(7-12-13(11)20-5-4-19-12)8-15-16-14(17)10-2-3-10/h6-8,10H,2-5H2,1H3,(H,16,17)/b15-8-. The van der Waals surface area contributed by atoms with Gasteiger partial charge in [-0.3, -0.25) is 4.79 Å². The Bertz CT molecular complexity index is 535. The minimum atomic E-state index is -0.0224. The van der Waals surface area contributed by atoms with E-state index in [0.29, 0.717) is 30.5 Å². The maximum atomic E-state index is 11.5. The molecule has 0 bridgehead atoms. The number of benzene rings is 1. The number of hydrogen-bond acceptors (Lipinski definition) is 5. The number of ether oxygens (including phenoxy) is 3. The van der Waals surface area contributed by atoms with Gasteiger partial charge in [-0.05, 0) is 25.0 Å². The average Bonchev–Trinajstić information content (AvgIpc) is 3.31. The van der Waals surface area contributed by atoms with E-state index >= 15 is 0 Å². The predicted molar refractivity (Wildman–Crippen MR) is 72.4 cm³/mol. The molecule has 1 amide bonds. The smallest absolute Gasteiger partial charge is 0.243 e. The number of rotatable bonds is 4. The van der Waals surface area contributed by atoms with Crippen molar-refractivity contribution >= 4 is 12.1 Å². The molecule has 1 aliphatic carbocycles. The van der Waals surface area contributed by atoms with E-state index in [1.54, 1.807) is 19.4 Å². The molecular weight excluding hydrogens is 260 g/mol. The third kappa shape index (κ3) is 2.68. The van der Waals surface area contributed by atoms with Gasteiger partial charge in [0.2, 0.25) is 11.7 Å². The van der Waals surface area contributed by atoms with Crippen LogP contribution in [0.2, 0.25) is 0 Å². The van der Waals surface area contributed by atoms with Gasteiger partial charge in [0.15, 0.2) is 11.5 Å². The summed E-state index contributed by atoms with van der Waals surface area (Å²) in [4.78, 5) is 11.5. The first kappa shape index (κ1) is 12.8. The Labute approximate surface area is 116 Å². The predicted octanol–water partition coefficient (Wildman–Crippen LogP) is 1.33. The number of carbonyl (C=O) groups excluding carboxylic acids is 1. The second-order valence-electron chi connectivity index (χ2n) is 4.76. The molecule has 6 nitrogen and oxygen atoms in total. The van der Waals surface area contributed by atoms with Crippen LogP contribution in [0.1, 0.15) is 18.4 Å². The molecule has 106 valence electrons. The number of methoxy groups -OCH3 is 1. The molecule has 1 N–H and O–H groups in total. The van der Waals surface area contributed by atoms with E-state index in [9.17, 15) is 4.79 Å². The van der Waals surface area contributed by atoms with E-state index in [2.05, 4.69) is 10.5 Å². The highest BCUT2D eigenvalue weighted by atomic mass is 16.6. The minimum Gasteiger partial charge on any atom is -0.493 e. The van der Waals surface area contributed by atoms with Crippen molar-refractivity contribution < 1.29 is 19.0 Å².